The Morgan fingerprint density at radius 2 is 2.21 bits per heavy atom. The fraction of sp³-hybridized carbons (Fsp3) is 0.333. The molecular weight excluding hydrogens is 250 g/mol. The van der Waals surface area contributed by atoms with E-state index in [2.05, 4.69) is 10.3 Å². The number of aromatic carboxylic acids is 1. The number of nitrogens with one attached hydrogen (secondary N) is 1. The van der Waals surface area contributed by atoms with Crippen LogP contribution in [0.5, 0.6) is 0 Å². The Bertz CT molecular complexity index is 529. The number of rotatable bonds is 2. The van der Waals surface area contributed by atoms with E-state index in [4.69, 9.17) is 5.11 Å². The molecule has 0 aliphatic carbocycles. The maximum absolute atomic E-state index is 12.2. The summed E-state index contributed by atoms with van der Waals surface area (Å²) in [4.78, 5) is 39.8. The number of hydrogen-bond acceptors (Lipinski definition) is 4. The molecule has 100 valence electrons. The van der Waals surface area contributed by atoms with Gasteiger partial charge in [-0.2, -0.15) is 0 Å². The van der Waals surface area contributed by atoms with Gasteiger partial charge in [0.2, 0.25) is 5.91 Å². The van der Waals surface area contributed by atoms with Crippen LogP contribution >= 0.6 is 0 Å². The second-order valence-corrected chi connectivity index (χ2v) is 4.13. The van der Waals surface area contributed by atoms with Gasteiger partial charge in [0, 0.05) is 19.3 Å². The molecule has 2 rings (SSSR count). The Labute approximate surface area is 109 Å². The Morgan fingerprint density at radius 1 is 1.42 bits per heavy atom. The van der Waals surface area contributed by atoms with Crippen molar-refractivity contribution in [3.8, 4) is 0 Å². The summed E-state index contributed by atoms with van der Waals surface area (Å²) in [6.07, 6.45) is 1.99. The molecule has 1 aromatic rings. The summed E-state index contributed by atoms with van der Waals surface area (Å²) in [5, 5.41) is 11.7. The van der Waals surface area contributed by atoms with Crippen molar-refractivity contribution in [2.45, 2.75) is 6.42 Å². The van der Waals surface area contributed by atoms with Gasteiger partial charge < -0.3 is 15.3 Å². The number of aromatic nitrogens is 1. The number of hydrogen-bond donors (Lipinski definition) is 2. The normalized spacial score (nSPS) is 15.6. The molecule has 1 aliphatic heterocycles. The van der Waals surface area contributed by atoms with Crippen LogP contribution in [0.1, 0.15) is 27.3 Å². The first kappa shape index (κ1) is 13.0. The smallest absolute Gasteiger partial charge is 0.338 e. The van der Waals surface area contributed by atoms with E-state index in [9.17, 15) is 14.4 Å². The van der Waals surface area contributed by atoms with Crippen molar-refractivity contribution in [1.29, 1.82) is 0 Å². The van der Waals surface area contributed by atoms with Gasteiger partial charge in [-0.1, -0.05) is 0 Å². The van der Waals surface area contributed by atoms with Gasteiger partial charge in [-0.25, -0.2) is 4.79 Å². The van der Waals surface area contributed by atoms with Gasteiger partial charge in [-0.3, -0.25) is 14.6 Å². The van der Waals surface area contributed by atoms with Gasteiger partial charge >= 0.3 is 5.97 Å². The van der Waals surface area contributed by atoms with Crippen molar-refractivity contribution in [3.05, 3.63) is 29.6 Å². The molecule has 0 unspecified atom stereocenters. The highest BCUT2D eigenvalue weighted by Crippen LogP contribution is 2.10. The average Bonchev–Trinajstić information content (AvgIpc) is 2.62. The van der Waals surface area contributed by atoms with Crippen LogP contribution in [0.4, 0.5) is 0 Å². The lowest BCUT2D eigenvalue weighted by Gasteiger charge is -2.19. The highest BCUT2D eigenvalue weighted by Gasteiger charge is 2.25. The molecule has 0 radical (unpaired) electrons. The molecule has 0 atom stereocenters. The molecule has 2 heterocycles. The number of carbonyl (C=O) groups is 3. The lowest BCUT2D eigenvalue weighted by Crippen LogP contribution is -2.38. The van der Waals surface area contributed by atoms with Crippen molar-refractivity contribution in [1.82, 2.24) is 15.2 Å². The summed E-state index contributed by atoms with van der Waals surface area (Å²) in [6, 6.07) is 2.77. The van der Waals surface area contributed by atoms with Gasteiger partial charge in [-0.15, -0.1) is 0 Å². The molecule has 7 heteroatoms. The van der Waals surface area contributed by atoms with Crippen molar-refractivity contribution in [2.24, 2.45) is 0 Å². The summed E-state index contributed by atoms with van der Waals surface area (Å²) in [5.41, 5.74) is -0.290. The van der Waals surface area contributed by atoms with E-state index >= 15 is 0 Å². The molecule has 2 amide bonds. The van der Waals surface area contributed by atoms with Crippen LogP contribution in [0, 0.1) is 0 Å². The third-order valence-corrected chi connectivity index (χ3v) is 2.79. The summed E-state index contributed by atoms with van der Waals surface area (Å²) in [7, 11) is 0. The number of pyridine rings is 1. The lowest BCUT2D eigenvalue weighted by molar-refractivity contribution is -0.121. The largest absolute Gasteiger partial charge is 0.478 e. The Hall–Kier alpha value is -2.44. The van der Waals surface area contributed by atoms with Crippen molar-refractivity contribution in [3.63, 3.8) is 0 Å². The van der Waals surface area contributed by atoms with E-state index in [0.717, 1.165) is 0 Å². The predicted molar refractivity (Wildman–Crippen MR) is 64.7 cm³/mol. The average molecular weight is 263 g/mol. The Balaban J connectivity index is 2.28. The second-order valence-electron chi connectivity index (χ2n) is 4.13. The Morgan fingerprint density at radius 3 is 2.95 bits per heavy atom. The molecule has 1 saturated heterocycles. The van der Waals surface area contributed by atoms with Gasteiger partial charge in [0.25, 0.3) is 5.91 Å². The predicted octanol–water partition coefficient (Wildman–Crippen LogP) is -0.258. The van der Waals surface area contributed by atoms with Crippen LogP contribution in [-0.4, -0.2) is 52.4 Å². The van der Waals surface area contributed by atoms with Crippen molar-refractivity contribution in [2.75, 3.05) is 19.6 Å². The van der Waals surface area contributed by atoms with Crippen LogP contribution in [0.25, 0.3) is 0 Å². The number of carboxylic acid groups (broad SMARTS) is 1. The highest BCUT2D eigenvalue weighted by molar-refractivity contribution is 6.04. The van der Waals surface area contributed by atoms with Crippen molar-refractivity contribution >= 4 is 17.8 Å². The topological polar surface area (TPSA) is 99.6 Å². The van der Waals surface area contributed by atoms with Gasteiger partial charge in [0.15, 0.2) is 0 Å². The standard InChI is InChI=1S/C12H13N3O4/c16-9-7-15(6-2-5-13-9)11(17)10-8(12(18)19)3-1-4-14-10/h1,3-4H,2,5-7H2,(H,13,16)(H,18,19). The number of nitrogens with zero attached hydrogens (tertiary/aromatic N) is 2. The maximum Gasteiger partial charge on any atom is 0.338 e. The molecule has 19 heavy (non-hydrogen) atoms. The highest BCUT2D eigenvalue weighted by atomic mass is 16.4. The summed E-state index contributed by atoms with van der Waals surface area (Å²) in [6.45, 7) is 0.832. The molecular formula is C12H13N3O4. The summed E-state index contributed by atoms with van der Waals surface area (Å²) in [5.74, 6) is -2.00. The van der Waals surface area contributed by atoms with Crippen LogP contribution in [0.2, 0.25) is 0 Å². The molecule has 7 nitrogen and oxygen atoms in total. The van der Waals surface area contributed by atoms with Crippen LogP contribution in [0.3, 0.4) is 0 Å². The van der Waals surface area contributed by atoms with Crippen LogP contribution in [-0.2, 0) is 4.79 Å². The molecule has 2 N–H and O–H groups in total. The monoisotopic (exact) mass is 263 g/mol. The minimum atomic E-state index is -1.21. The van der Waals surface area contributed by atoms with Crippen LogP contribution in [0.15, 0.2) is 18.3 Å². The SMILES string of the molecule is O=C1CN(C(=O)c2ncccc2C(=O)O)CCCN1. The fourth-order valence-electron chi connectivity index (χ4n) is 1.88. The summed E-state index contributed by atoms with van der Waals surface area (Å²) >= 11 is 0. The molecule has 0 saturated carbocycles. The number of carboxylic acids is 1. The molecule has 0 aromatic carbocycles. The van der Waals surface area contributed by atoms with Gasteiger partial charge in [-0.05, 0) is 18.6 Å². The molecule has 0 bridgehead atoms. The van der Waals surface area contributed by atoms with Crippen molar-refractivity contribution < 1.29 is 19.5 Å². The zero-order chi connectivity index (χ0) is 13.8. The lowest BCUT2D eigenvalue weighted by atomic mass is 10.1. The minimum absolute atomic E-state index is 0.0749. The van der Waals surface area contributed by atoms with Gasteiger partial charge in [0.05, 0.1) is 12.1 Å². The van der Waals surface area contributed by atoms with E-state index in [-0.39, 0.29) is 23.7 Å². The maximum atomic E-state index is 12.2. The quantitative estimate of drug-likeness (QED) is 0.766. The number of amides is 2. The van der Waals surface area contributed by atoms with E-state index in [1.165, 1.54) is 23.2 Å². The molecule has 1 fully saturated rings. The van der Waals surface area contributed by atoms with E-state index in [1.807, 2.05) is 0 Å². The zero-order valence-corrected chi connectivity index (χ0v) is 10.1. The third kappa shape index (κ3) is 2.87. The second kappa shape index (κ2) is 5.47. The zero-order valence-electron chi connectivity index (χ0n) is 10.1. The number of carbonyl (C=O) groups excluding carboxylic acids is 2. The first-order valence-electron chi connectivity index (χ1n) is 5.84. The Kier molecular flexibility index (Phi) is 3.74. The van der Waals surface area contributed by atoms with Gasteiger partial charge in [0.1, 0.15) is 5.69 Å². The molecule has 1 aromatic heterocycles. The first-order valence-corrected chi connectivity index (χ1v) is 5.84. The minimum Gasteiger partial charge on any atom is -0.478 e. The molecule has 0 spiro atoms. The van der Waals surface area contributed by atoms with E-state index < -0.39 is 11.9 Å². The third-order valence-electron chi connectivity index (χ3n) is 2.79. The van der Waals surface area contributed by atoms with Crippen LogP contribution < -0.4 is 5.32 Å². The first-order chi connectivity index (χ1) is 9.09. The fourth-order valence-corrected chi connectivity index (χ4v) is 1.88. The van der Waals surface area contributed by atoms with E-state index in [1.54, 1.807) is 0 Å². The molecule has 1 aliphatic rings. The summed E-state index contributed by atoms with van der Waals surface area (Å²) < 4.78 is 0. The van der Waals surface area contributed by atoms with E-state index in [0.29, 0.717) is 19.5 Å².